The fraction of sp³-hybridized carbons (Fsp3) is 0.310. The molecular formula is C29H34N2O2. The second kappa shape index (κ2) is 12.0. The molecule has 0 radical (unpaired) electrons. The van der Waals surface area contributed by atoms with E-state index >= 15 is 0 Å². The van der Waals surface area contributed by atoms with Crippen molar-refractivity contribution >= 4 is 17.5 Å². The minimum absolute atomic E-state index is 0.0123. The fourth-order valence-corrected chi connectivity index (χ4v) is 3.73. The molecule has 0 unspecified atom stereocenters. The van der Waals surface area contributed by atoms with Crippen LogP contribution in [0.5, 0.6) is 0 Å². The summed E-state index contributed by atoms with van der Waals surface area (Å²) in [6.07, 6.45) is 1.58. The van der Waals surface area contributed by atoms with Crippen molar-refractivity contribution in [2.45, 2.75) is 46.6 Å². The lowest BCUT2D eigenvalue weighted by atomic mass is 10.1. The van der Waals surface area contributed by atoms with Crippen molar-refractivity contribution in [3.8, 4) is 0 Å². The Labute approximate surface area is 197 Å². The van der Waals surface area contributed by atoms with Crippen molar-refractivity contribution < 1.29 is 9.59 Å². The zero-order valence-corrected chi connectivity index (χ0v) is 19.9. The number of carbonyl (C=O) groups is 2. The molecule has 0 saturated heterocycles. The average molecular weight is 443 g/mol. The van der Waals surface area contributed by atoms with Crippen LogP contribution in [0.25, 0.3) is 0 Å². The molecule has 1 N–H and O–H groups in total. The molecule has 0 aromatic heterocycles. The quantitative estimate of drug-likeness (QED) is 0.452. The van der Waals surface area contributed by atoms with Crippen LogP contribution >= 0.6 is 0 Å². The summed E-state index contributed by atoms with van der Waals surface area (Å²) in [6.45, 7) is 7.28. The van der Waals surface area contributed by atoms with Crippen molar-refractivity contribution in [3.63, 3.8) is 0 Å². The van der Waals surface area contributed by atoms with Gasteiger partial charge in [0.25, 0.3) is 0 Å². The van der Waals surface area contributed by atoms with Gasteiger partial charge in [-0.3, -0.25) is 9.59 Å². The van der Waals surface area contributed by atoms with Gasteiger partial charge in [0.1, 0.15) is 0 Å². The second-order valence-electron chi connectivity index (χ2n) is 9.00. The Morgan fingerprint density at radius 3 is 2.24 bits per heavy atom. The minimum atomic E-state index is -0.0123. The Bertz CT molecular complexity index is 1040. The lowest BCUT2D eigenvalue weighted by Crippen LogP contribution is -2.31. The van der Waals surface area contributed by atoms with Gasteiger partial charge >= 0.3 is 0 Å². The number of rotatable bonds is 10. The van der Waals surface area contributed by atoms with E-state index in [1.54, 1.807) is 0 Å². The van der Waals surface area contributed by atoms with Gasteiger partial charge in [0.05, 0.1) is 13.0 Å². The maximum Gasteiger partial charge on any atom is 0.227 e. The van der Waals surface area contributed by atoms with Gasteiger partial charge < -0.3 is 10.2 Å². The number of nitrogens with zero attached hydrogens (tertiary/aromatic N) is 1. The largest absolute Gasteiger partial charge is 0.355 e. The van der Waals surface area contributed by atoms with Gasteiger partial charge in [-0.1, -0.05) is 86.1 Å². The van der Waals surface area contributed by atoms with Crippen molar-refractivity contribution in [2.75, 3.05) is 11.4 Å². The molecule has 4 nitrogen and oxygen atoms in total. The first-order valence-corrected chi connectivity index (χ1v) is 11.7. The van der Waals surface area contributed by atoms with Crippen LogP contribution < -0.4 is 10.2 Å². The SMILES string of the molecule is Cc1ccc(CN(C(=O)CC(C)C)c2cccc(CC(=O)NCCc3ccccc3)c2)cc1. The van der Waals surface area contributed by atoms with E-state index in [4.69, 9.17) is 0 Å². The third-order valence-corrected chi connectivity index (χ3v) is 5.51. The van der Waals surface area contributed by atoms with Crippen LogP contribution in [-0.4, -0.2) is 18.4 Å². The van der Waals surface area contributed by atoms with Gasteiger partial charge in [-0.05, 0) is 48.1 Å². The summed E-state index contributed by atoms with van der Waals surface area (Å²) in [5.41, 5.74) is 5.21. The smallest absolute Gasteiger partial charge is 0.227 e. The predicted molar refractivity (Wildman–Crippen MR) is 135 cm³/mol. The molecule has 0 aliphatic rings. The second-order valence-corrected chi connectivity index (χ2v) is 9.00. The molecule has 3 aromatic carbocycles. The maximum absolute atomic E-state index is 13.1. The molecule has 0 aliphatic heterocycles. The van der Waals surface area contributed by atoms with E-state index in [-0.39, 0.29) is 17.7 Å². The molecule has 0 heterocycles. The number of amides is 2. The van der Waals surface area contributed by atoms with E-state index in [1.165, 1.54) is 11.1 Å². The van der Waals surface area contributed by atoms with Gasteiger partial charge in [-0.15, -0.1) is 0 Å². The molecule has 0 aliphatic carbocycles. The lowest BCUT2D eigenvalue weighted by Gasteiger charge is -2.25. The van der Waals surface area contributed by atoms with Gasteiger partial charge in [0, 0.05) is 18.7 Å². The standard InChI is InChI=1S/C29H34N2O2/c1-22(2)18-29(33)31(21-25-14-12-23(3)13-15-25)27-11-7-10-26(19-27)20-28(32)30-17-16-24-8-5-4-6-9-24/h4-15,19,22H,16-18,20-21H2,1-3H3,(H,30,32). The molecule has 0 spiro atoms. The normalized spacial score (nSPS) is 10.8. The summed E-state index contributed by atoms with van der Waals surface area (Å²) in [5, 5.41) is 3.00. The first kappa shape index (κ1) is 24.2. The first-order chi connectivity index (χ1) is 15.9. The van der Waals surface area contributed by atoms with Crippen LogP contribution in [0, 0.1) is 12.8 Å². The predicted octanol–water partition coefficient (Wildman–Crippen LogP) is 5.48. The molecule has 4 heteroatoms. The molecule has 0 saturated carbocycles. The number of nitrogens with one attached hydrogen (secondary N) is 1. The molecule has 0 fully saturated rings. The summed E-state index contributed by atoms with van der Waals surface area (Å²) in [7, 11) is 0. The Balaban J connectivity index is 1.67. The fourth-order valence-electron chi connectivity index (χ4n) is 3.73. The molecule has 172 valence electrons. The minimum Gasteiger partial charge on any atom is -0.355 e. The Morgan fingerprint density at radius 1 is 0.848 bits per heavy atom. The lowest BCUT2D eigenvalue weighted by molar-refractivity contribution is -0.120. The highest BCUT2D eigenvalue weighted by atomic mass is 16.2. The molecule has 2 amide bonds. The van der Waals surface area contributed by atoms with E-state index in [0.717, 1.165) is 23.2 Å². The van der Waals surface area contributed by atoms with E-state index in [9.17, 15) is 9.59 Å². The topological polar surface area (TPSA) is 49.4 Å². The number of hydrogen-bond donors (Lipinski definition) is 1. The van der Waals surface area contributed by atoms with Gasteiger partial charge in [-0.25, -0.2) is 0 Å². The molecule has 0 atom stereocenters. The summed E-state index contributed by atoms with van der Waals surface area (Å²) in [5.74, 6) is 0.355. The average Bonchev–Trinajstić information content (AvgIpc) is 2.79. The van der Waals surface area contributed by atoms with Crippen LogP contribution in [0.15, 0.2) is 78.9 Å². The summed E-state index contributed by atoms with van der Waals surface area (Å²) in [6, 6.07) is 26.2. The molecule has 3 aromatic rings. The van der Waals surface area contributed by atoms with Crippen LogP contribution in [0.3, 0.4) is 0 Å². The van der Waals surface area contributed by atoms with Crippen molar-refractivity contribution in [1.82, 2.24) is 5.32 Å². The van der Waals surface area contributed by atoms with Crippen LogP contribution in [-0.2, 0) is 29.0 Å². The zero-order chi connectivity index (χ0) is 23.6. The van der Waals surface area contributed by atoms with Crippen molar-refractivity contribution in [3.05, 3.63) is 101 Å². The summed E-state index contributed by atoms with van der Waals surface area (Å²) >= 11 is 0. The third kappa shape index (κ3) is 7.90. The van der Waals surface area contributed by atoms with E-state index in [0.29, 0.717) is 25.9 Å². The van der Waals surface area contributed by atoms with Gasteiger partial charge in [0.2, 0.25) is 11.8 Å². The molecule has 33 heavy (non-hydrogen) atoms. The van der Waals surface area contributed by atoms with Crippen molar-refractivity contribution in [2.24, 2.45) is 5.92 Å². The number of carbonyl (C=O) groups excluding carboxylic acids is 2. The number of benzene rings is 3. The monoisotopic (exact) mass is 442 g/mol. The van der Waals surface area contributed by atoms with Gasteiger partial charge in [-0.2, -0.15) is 0 Å². The summed E-state index contributed by atoms with van der Waals surface area (Å²) < 4.78 is 0. The Kier molecular flexibility index (Phi) is 8.82. The maximum atomic E-state index is 13.1. The number of hydrogen-bond acceptors (Lipinski definition) is 2. The Hall–Kier alpha value is -3.40. The van der Waals surface area contributed by atoms with Crippen LogP contribution in [0.2, 0.25) is 0 Å². The molecular weight excluding hydrogens is 408 g/mol. The van der Waals surface area contributed by atoms with Crippen LogP contribution in [0.1, 0.15) is 42.5 Å². The summed E-state index contributed by atoms with van der Waals surface area (Å²) in [4.78, 5) is 27.4. The van der Waals surface area contributed by atoms with Crippen molar-refractivity contribution in [1.29, 1.82) is 0 Å². The number of aryl methyl sites for hydroxylation is 1. The van der Waals surface area contributed by atoms with E-state index in [1.807, 2.05) is 47.4 Å². The van der Waals surface area contributed by atoms with E-state index < -0.39 is 0 Å². The zero-order valence-electron chi connectivity index (χ0n) is 19.9. The van der Waals surface area contributed by atoms with Crippen LogP contribution in [0.4, 0.5) is 5.69 Å². The van der Waals surface area contributed by atoms with Gasteiger partial charge in [0.15, 0.2) is 0 Å². The molecule has 3 rings (SSSR count). The highest BCUT2D eigenvalue weighted by molar-refractivity contribution is 5.93. The highest BCUT2D eigenvalue weighted by Gasteiger charge is 2.18. The van der Waals surface area contributed by atoms with E-state index in [2.05, 4.69) is 62.5 Å². The number of anilines is 1. The first-order valence-electron chi connectivity index (χ1n) is 11.7. The molecule has 0 bridgehead atoms. The Morgan fingerprint density at radius 2 is 1.55 bits per heavy atom. The highest BCUT2D eigenvalue weighted by Crippen LogP contribution is 2.22. The third-order valence-electron chi connectivity index (χ3n) is 5.51.